The molecule has 1 heterocycles. The van der Waals surface area contributed by atoms with Crippen LogP contribution in [0, 0.1) is 5.92 Å². The summed E-state index contributed by atoms with van der Waals surface area (Å²) in [5.41, 5.74) is -0.505. The number of hydrogen-bond donors (Lipinski definition) is 0. The minimum Gasteiger partial charge on any atom is -0.442 e. The summed E-state index contributed by atoms with van der Waals surface area (Å²) in [6.07, 6.45) is 8.63. The van der Waals surface area contributed by atoms with Crippen LogP contribution in [0.2, 0.25) is 0 Å². The molecule has 0 aromatic carbocycles. The first-order valence-electron chi connectivity index (χ1n) is 7.72. The molecular weight excluding hydrogens is 254 g/mol. The second-order valence-corrected chi connectivity index (χ2v) is 6.89. The minimum atomic E-state index is -0.505. The Kier molecular flexibility index (Phi) is 4.74. The van der Waals surface area contributed by atoms with Crippen molar-refractivity contribution in [3.8, 4) is 0 Å². The minimum absolute atomic E-state index is 0.0724. The van der Waals surface area contributed by atoms with Gasteiger partial charge in [0.2, 0.25) is 0 Å². The number of amides is 1. The molecule has 2 rings (SSSR count). The highest BCUT2D eigenvalue weighted by molar-refractivity contribution is 5.67. The fourth-order valence-corrected chi connectivity index (χ4v) is 3.06. The Morgan fingerprint density at radius 3 is 2.50 bits per heavy atom. The molecule has 0 bridgehead atoms. The molecule has 2 atom stereocenters. The molecule has 20 heavy (non-hydrogen) atoms. The summed E-state index contributed by atoms with van der Waals surface area (Å²) in [6, 6.07) is -0.0724. The lowest BCUT2D eigenvalue weighted by Gasteiger charge is -2.28. The van der Waals surface area contributed by atoms with Crippen LogP contribution >= 0.6 is 0 Å². The van der Waals surface area contributed by atoms with Gasteiger partial charge >= 0.3 is 6.09 Å². The molecule has 2 fully saturated rings. The van der Waals surface area contributed by atoms with Gasteiger partial charge in [-0.1, -0.05) is 25.3 Å². The maximum atomic E-state index is 12.2. The number of carbonyl (C=O) groups excluding carboxylic acids is 1. The van der Waals surface area contributed by atoms with Crippen molar-refractivity contribution in [2.75, 3.05) is 0 Å². The number of carbonyl (C=O) groups is 1. The Morgan fingerprint density at radius 1 is 1.30 bits per heavy atom. The summed E-state index contributed by atoms with van der Waals surface area (Å²) < 4.78 is 5.40. The van der Waals surface area contributed by atoms with Gasteiger partial charge in [0.05, 0.1) is 12.1 Å². The monoisotopic (exact) mass is 281 g/mol. The number of rotatable bonds is 2. The Labute approximate surface area is 122 Å². The molecule has 0 spiro atoms. The normalized spacial score (nSPS) is 28.4. The van der Waals surface area contributed by atoms with Gasteiger partial charge in [0.25, 0.3) is 0 Å². The van der Waals surface area contributed by atoms with Crippen molar-refractivity contribution in [2.24, 2.45) is 5.92 Å². The van der Waals surface area contributed by atoms with Gasteiger partial charge in [-0.2, -0.15) is 5.06 Å². The zero-order valence-corrected chi connectivity index (χ0v) is 12.9. The fourth-order valence-electron chi connectivity index (χ4n) is 3.06. The topological polar surface area (TPSA) is 38.8 Å². The predicted molar refractivity (Wildman–Crippen MR) is 78.1 cm³/mol. The van der Waals surface area contributed by atoms with Crippen molar-refractivity contribution in [1.82, 2.24) is 5.06 Å². The average molecular weight is 281 g/mol. The first-order valence-corrected chi connectivity index (χ1v) is 7.72. The van der Waals surface area contributed by atoms with Crippen LogP contribution in [0.15, 0.2) is 12.7 Å². The molecule has 0 N–H and O–H groups in total. The first kappa shape index (κ1) is 15.4. The summed E-state index contributed by atoms with van der Waals surface area (Å²) in [5, 5.41) is 1.39. The molecule has 1 aliphatic carbocycles. The molecule has 4 nitrogen and oxygen atoms in total. The number of nitrogens with zero attached hydrogens (tertiary/aromatic N) is 1. The van der Waals surface area contributed by atoms with E-state index in [9.17, 15) is 4.79 Å². The molecule has 0 aromatic rings. The maximum Gasteiger partial charge on any atom is 0.435 e. The Morgan fingerprint density at radius 2 is 1.95 bits per heavy atom. The van der Waals surface area contributed by atoms with Gasteiger partial charge < -0.3 is 4.74 Å². The first-order chi connectivity index (χ1) is 9.40. The lowest BCUT2D eigenvalue weighted by atomic mass is 9.83. The van der Waals surface area contributed by atoms with Crippen molar-refractivity contribution < 1.29 is 14.4 Å². The Hall–Kier alpha value is -1.03. The molecule has 0 radical (unpaired) electrons. The van der Waals surface area contributed by atoms with E-state index in [1.807, 2.05) is 20.8 Å². The van der Waals surface area contributed by atoms with E-state index >= 15 is 0 Å². The SMILES string of the molecule is C=C[C@@H]1C[C@H](C2CCCCC2)ON1C(=O)OC(C)(C)C. The van der Waals surface area contributed by atoms with E-state index < -0.39 is 11.7 Å². The summed E-state index contributed by atoms with van der Waals surface area (Å²) in [7, 11) is 0. The summed E-state index contributed by atoms with van der Waals surface area (Å²) >= 11 is 0. The van der Waals surface area contributed by atoms with Gasteiger partial charge in [-0.3, -0.25) is 4.84 Å². The van der Waals surface area contributed by atoms with Crippen molar-refractivity contribution in [3.05, 3.63) is 12.7 Å². The summed E-state index contributed by atoms with van der Waals surface area (Å²) in [5.74, 6) is 0.568. The molecule has 2 aliphatic rings. The average Bonchev–Trinajstić information content (AvgIpc) is 2.82. The van der Waals surface area contributed by atoms with Crippen LogP contribution in [-0.2, 0) is 9.57 Å². The third kappa shape index (κ3) is 3.75. The molecule has 114 valence electrons. The predicted octanol–water partition coefficient (Wildman–Crippen LogP) is 4.06. The highest BCUT2D eigenvalue weighted by Gasteiger charge is 2.41. The van der Waals surface area contributed by atoms with E-state index in [-0.39, 0.29) is 12.1 Å². The molecule has 1 saturated heterocycles. The quantitative estimate of drug-likeness (QED) is 0.716. The van der Waals surface area contributed by atoms with Crippen LogP contribution in [-0.4, -0.2) is 28.9 Å². The van der Waals surface area contributed by atoms with Gasteiger partial charge in [0.15, 0.2) is 0 Å². The third-order valence-corrected chi connectivity index (χ3v) is 4.05. The van der Waals surface area contributed by atoms with Crippen molar-refractivity contribution in [1.29, 1.82) is 0 Å². The fraction of sp³-hybridized carbons (Fsp3) is 0.812. The lowest BCUT2D eigenvalue weighted by molar-refractivity contribution is -0.158. The molecule has 1 amide bonds. The second kappa shape index (κ2) is 6.17. The van der Waals surface area contributed by atoms with E-state index in [0.717, 1.165) is 6.42 Å². The van der Waals surface area contributed by atoms with Crippen LogP contribution < -0.4 is 0 Å². The highest BCUT2D eigenvalue weighted by Crippen LogP contribution is 2.35. The number of hydrogen-bond acceptors (Lipinski definition) is 3. The van der Waals surface area contributed by atoms with E-state index in [4.69, 9.17) is 9.57 Å². The molecule has 0 aromatic heterocycles. The van der Waals surface area contributed by atoms with Crippen LogP contribution in [0.25, 0.3) is 0 Å². The third-order valence-electron chi connectivity index (χ3n) is 4.05. The smallest absolute Gasteiger partial charge is 0.435 e. The van der Waals surface area contributed by atoms with Crippen LogP contribution in [0.5, 0.6) is 0 Å². The van der Waals surface area contributed by atoms with Crippen LogP contribution in [0.1, 0.15) is 59.3 Å². The Balaban J connectivity index is 1.98. The van der Waals surface area contributed by atoms with Gasteiger partial charge in [0, 0.05) is 6.42 Å². The summed E-state index contributed by atoms with van der Waals surface area (Å²) in [6.45, 7) is 9.41. The van der Waals surface area contributed by atoms with Crippen LogP contribution in [0.4, 0.5) is 4.79 Å². The van der Waals surface area contributed by atoms with E-state index in [0.29, 0.717) is 5.92 Å². The zero-order chi connectivity index (χ0) is 14.8. The molecule has 4 heteroatoms. The molecule has 1 aliphatic heterocycles. The molecule has 1 saturated carbocycles. The lowest BCUT2D eigenvalue weighted by Crippen LogP contribution is -2.38. The van der Waals surface area contributed by atoms with Crippen molar-refractivity contribution in [2.45, 2.75) is 77.0 Å². The highest BCUT2D eigenvalue weighted by atomic mass is 16.7. The zero-order valence-electron chi connectivity index (χ0n) is 12.9. The second-order valence-electron chi connectivity index (χ2n) is 6.89. The van der Waals surface area contributed by atoms with Crippen LogP contribution in [0.3, 0.4) is 0 Å². The van der Waals surface area contributed by atoms with Crippen molar-refractivity contribution >= 4 is 6.09 Å². The summed E-state index contributed by atoms with van der Waals surface area (Å²) in [4.78, 5) is 18.1. The van der Waals surface area contributed by atoms with Crippen molar-refractivity contribution in [3.63, 3.8) is 0 Å². The van der Waals surface area contributed by atoms with Gasteiger partial charge in [0.1, 0.15) is 5.60 Å². The molecule has 0 unspecified atom stereocenters. The standard InChI is InChI=1S/C16H27NO3/c1-5-13-11-14(12-9-7-6-8-10-12)20-17(13)15(18)19-16(2,3)4/h5,12-14H,1,6-11H2,2-4H3/t13-,14-/m1/s1. The van der Waals surface area contributed by atoms with E-state index in [1.54, 1.807) is 6.08 Å². The van der Waals surface area contributed by atoms with Gasteiger partial charge in [-0.05, 0) is 39.5 Å². The van der Waals surface area contributed by atoms with Gasteiger partial charge in [-0.15, -0.1) is 6.58 Å². The molecular formula is C16H27NO3. The maximum absolute atomic E-state index is 12.2. The Bertz CT molecular complexity index is 355. The number of ether oxygens (including phenoxy) is 1. The van der Waals surface area contributed by atoms with E-state index in [1.165, 1.54) is 37.2 Å². The largest absolute Gasteiger partial charge is 0.442 e. The van der Waals surface area contributed by atoms with E-state index in [2.05, 4.69) is 6.58 Å². The number of hydroxylamine groups is 2. The van der Waals surface area contributed by atoms with Gasteiger partial charge in [-0.25, -0.2) is 4.79 Å².